The van der Waals surface area contributed by atoms with E-state index in [0.717, 1.165) is 16.7 Å². The van der Waals surface area contributed by atoms with Crippen LogP contribution in [0, 0.1) is 12.7 Å². The highest BCUT2D eigenvalue weighted by molar-refractivity contribution is 9.10. The number of hydrogen-bond donors (Lipinski definition) is 1. The van der Waals surface area contributed by atoms with Crippen LogP contribution in [0.2, 0.25) is 0 Å². The van der Waals surface area contributed by atoms with E-state index in [9.17, 15) is 9.50 Å². The Morgan fingerprint density at radius 1 is 1.39 bits per heavy atom. The molecule has 94 valence electrons. The van der Waals surface area contributed by atoms with Crippen molar-refractivity contribution >= 4 is 15.9 Å². The third-order valence-electron chi connectivity index (χ3n) is 2.87. The van der Waals surface area contributed by atoms with E-state index in [4.69, 9.17) is 0 Å². The summed E-state index contributed by atoms with van der Waals surface area (Å²) in [6.45, 7) is 1.93. The fourth-order valence-corrected chi connectivity index (χ4v) is 2.34. The highest BCUT2D eigenvalue weighted by Crippen LogP contribution is 2.25. The van der Waals surface area contributed by atoms with E-state index < -0.39 is 6.10 Å². The van der Waals surface area contributed by atoms with Crippen molar-refractivity contribution in [3.63, 3.8) is 0 Å². The molecule has 2 nitrogen and oxygen atoms in total. The second-order valence-electron chi connectivity index (χ2n) is 4.19. The van der Waals surface area contributed by atoms with Crippen molar-refractivity contribution in [2.24, 2.45) is 0 Å². The molecule has 0 saturated heterocycles. The lowest BCUT2D eigenvalue weighted by Gasteiger charge is -2.14. The van der Waals surface area contributed by atoms with E-state index in [1.54, 1.807) is 18.5 Å². The van der Waals surface area contributed by atoms with Crippen molar-refractivity contribution in [2.45, 2.75) is 19.4 Å². The molecule has 0 fully saturated rings. The summed E-state index contributed by atoms with van der Waals surface area (Å²) >= 11 is 3.30. The number of hydrogen-bond acceptors (Lipinski definition) is 2. The Hall–Kier alpha value is -1.26. The Morgan fingerprint density at radius 2 is 2.17 bits per heavy atom. The van der Waals surface area contributed by atoms with Crippen LogP contribution in [0.1, 0.15) is 22.8 Å². The summed E-state index contributed by atoms with van der Waals surface area (Å²) in [6, 6.07) is 6.33. The van der Waals surface area contributed by atoms with Crippen LogP contribution >= 0.6 is 15.9 Å². The van der Waals surface area contributed by atoms with Crippen molar-refractivity contribution in [3.8, 4) is 0 Å². The average Bonchev–Trinajstić information content (AvgIpc) is 2.33. The van der Waals surface area contributed by atoms with Gasteiger partial charge < -0.3 is 5.11 Å². The van der Waals surface area contributed by atoms with E-state index in [1.807, 2.05) is 13.0 Å². The van der Waals surface area contributed by atoms with E-state index >= 15 is 0 Å². The van der Waals surface area contributed by atoms with Gasteiger partial charge in [-0.05, 0) is 36.2 Å². The lowest BCUT2D eigenvalue weighted by atomic mass is 10.00. The second kappa shape index (κ2) is 5.59. The molecule has 0 spiro atoms. The smallest absolute Gasteiger partial charge is 0.124 e. The van der Waals surface area contributed by atoms with Crippen LogP contribution in [0.15, 0.2) is 41.1 Å². The first-order valence-corrected chi connectivity index (χ1v) is 6.39. The predicted octanol–water partition coefficient (Wildman–Crippen LogP) is 3.57. The lowest BCUT2D eigenvalue weighted by molar-refractivity contribution is 0.177. The van der Waals surface area contributed by atoms with Crippen LogP contribution in [-0.4, -0.2) is 10.1 Å². The zero-order valence-electron chi connectivity index (χ0n) is 9.90. The van der Waals surface area contributed by atoms with Crippen LogP contribution < -0.4 is 0 Å². The number of aliphatic hydroxyl groups is 1. The first kappa shape index (κ1) is 13.2. The Kier molecular flexibility index (Phi) is 4.09. The number of halogens is 2. The fourth-order valence-electron chi connectivity index (χ4n) is 1.83. The number of nitrogens with zero attached hydrogens (tertiary/aromatic N) is 1. The topological polar surface area (TPSA) is 33.1 Å². The Morgan fingerprint density at radius 3 is 2.83 bits per heavy atom. The van der Waals surface area contributed by atoms with Crippen LogP contribution in [0.4, 0.5) is 4.39 Å². The zero-order chi connectivity index (χ0) is 13.1. The van der Waals surface area contributed by atoms with Gasteiger partial charge in [-0.2, -0.15) is 0 Å². The summed E-state index contributed by atoms with van der Waals surface area (Å²) in [5, 5.41) is 10.2. The molecule has 0 saturated carbocycles. The van der Waals surface area contributed by atoms with Gasteiger partial charge in [-0.25, -0.2) is 4.39 Å². The van der Waals surface area contributed by atoms with E-state index in [1.165, 1.54) is 12.1 Å². The van der Waals surface area contributed by atoms with Crippen molar-refractivity contribution in [2.75, 3.05) is 0 Å². The number of aliphatic hydroxyl groups excluding tert-OH is 1. The molecule has 4 heteroatoms. The number of pyridine rings is 1. The van der Waals surface area contributed by atoms with Crippen molar-refractivity contribution in [1.82, 2.24) is 4.98 Å². The molecule has 0 aliphatic rings. The summed E-state index contributed by atoms with van der Waals surface area (Å²) in [7, 11) is 0. The molecular weight excluding hydrogens is 297 g/mol. The molecule has 1 aromatic carbocycles. The number of benzene rings is 1. The Bertz CT molecular complexity index is 559. The molecule has 0 amide bonds. The van der Waals surface area contributed by atoms with Gasteiger partial charge in [0.25, 0.3) is 0 Å². The molecule has 1 heterocycles. The molecule has 1 N–H and O–H groups in total. The lowest BCUT2D eigenvalue weighted by Crippen LogP contribution is -2.05. The largest absolute Gasteiger partial charge is 0.388 e. The maximum atomic E-state index is 13.0. The van der Waals surface area contributed by atoms with Gasteiger partial charge in [0.2, 0.25) is 0 Å². The van der Waals surface area contributed by atoms with Crippen LogP contribution in [0.3, 0.4) is 0 Å². The quantitative estimate of drug-likeness (QED) is 0.940. The molecule has 2 rings (SSSR count). The maximum Gasteiger partial charge on any atom is 0.124 e. The summed E-state index contributed by atoms with van der Waals surface area (Å²) in [6.07, 6.45) is 3.14. The fraction of sp³-hybridized carbons (Fsp3) is 0.214. The second-order valence-corrected chi connectivity index (χ2v) is 5.04. The molecule has 0 radical (unpaired) electrons. The summed E-state index contributed by atoms with van der Waals surface area (Å²) < 4.78 is 13.6. The SMILES string of the molecule is Cc1ccncc1C(O)Cc1ccc(F)cc1Br. The minimum Gasteiger partial charge on any atom is -0.388 e. The van der Waals surface area contributed by atoms with Gasteiger partial charge >= 0.3 is 0 Å². The molecule has 1 unspecified atom stereocenters. The highest BCUT2D eigenvalue weighted by atomic mass is 79.9. The number of aromatic nitrogens is 1. The molecular formula is C14H13BrFNO. The van der Waals surface area contributed by atoms with Gasteiger partial charge in [-0.1, -0.05) is 22.0 Å². The summed E-state index contributed by atoms with van der Waals surface area (Å²) in [5.74, 6) is -0.294. The first-order valence-electron chi connectivity index (χ1n) is 5.60. The van der Waals surface area contributed by atoms with Gasteiger partial charge in [0.15, 0.2) is 0 Å². The molecule has 0 aliphatic heterocycles. The average molecular weight is 310 g/mol. The molecule has 2 aromatic rings. The normalized spacial score (nSPS) is 12.4. The number of rotatable bonds is 3. The molecule has 1 atom stereocenters. The summed E-state index contributed by atoms with van der Waals surface area (Å²) in [5.41, 5.74) is 2.66. The molecule has 0 bridgehead atoms. The number of aryl methyl sites for hydroxylation is 1. The van der Waals surface area contributed by atoms with Crippen molar-refractivity contribution in [3.05, 3.63) is 63.6 Å². The third-order valence-corrected chi connectivity index (χ3v) is 3.61. The Balaban J connectivity index is 2.21. The Labute approximate surface area is 114 Å². The maximum absolute atomic E-state index is 13.0. The zero-order valence-corrected chi connectivity index (χ0v) is 11.5. The van der Waals surface area contributed by atoms with Gasteiger partial charge in [0.05, 0.1) is 6.10 Å². The molecule has 18 heavy (non-hydrogen) atoms. The van der Waals surface area contributed by atoms with Crippen molar-refractivity contribution < 1.29 is 9.50 Å². The van der Waals surface area contributed by atoms with Gasteiger partial charge in [-0.15, -0.1) is 0 Å². The van der Waals surface area contributed by atoms with Crippen LogP contribution in [0.5, 0.6) is 0 Å². The minimum absolute atomic E-state index is 0.294. The first-order chi connectivity index (χ1) is 8.58. The van der Waals surface area contributed by atoms with Crippen LogP contribution in [-0.2, 0) is 6.42 Å². The summed E-state index contributed by atoms with van der Waals surface area (Å²) in [4.78, 5) is 4.01. The predicted molar refractivity (Wildman–Crippen MR) is 71.7 cm³/mol. The monoisotopic (exact) mass is 309 g/mol. The highest BCUT2D eigenvalue weighted by Gasteiger charge is 2.13. The van der Waals surface area contributed by atoms with E-state index in [0.29, 0.717) is 10.9 Å². The minimum atomic E-state index is -0.638. The van der Waals surface area contributed by atoms with Crippen LogP contribution in [0.25, 0.3) is 0 Å². The van der Waals surface area contributed by atoms with Gasteiger partial charge in [-0.3, -0.25) is 4.98 Å². The van der Waals surface area contributed by atoms with E-state index in [2.05, 4.69) is 20.9 Å². The molecule has 0 aliphatic carbocycles. The standard InChI is InChI=1S/C14H13BrFNO/c1-9-4-5-17-8-12(9)14(18)6-10-2-3-11(16)7-13(10)15/h2-5,7-8,14,18H,6H2,1H3. The van der Waals surface area contributed by atoms with E-state index in [-0.39, 0.29) is 5.82 Å². The van der Waals surface area contributed by atoms with Gasteiger partial charge in [0.1, 0.15) is 5.82 Å². The molecule has 1 aromatic heterocycles. The third kappa shape index (κ3) is 2.94. The van der Waals surface area contributed by atoms with Crippen molar-refractivity contribution in [1.29, 1.82) is 0 Å². The van der Waals surface area contributed by atoms with Gasteiger partial charge in [0, 0.05) is 28.9 Å².